The van der Waals surface area contributed by atoms with E-state index in [0.717, 1.165) is 19.3 Å². The molecule has 3 aliphatic rings. The molecule has 4 atom stereocenters. The van der Waals surface area contributed by atoms with Crippen molar-refractivity contribution in [3.63, 3.8) is 0 Å². The van der Waals surface area contributed by atoms with E-state index in [0.29, 0.717) is 11.8 Å². The quantitative estimate of drug-likeness (QED) is 0.567. The van der Waals surface area contributed by atoms with Gasteiger partial charge in [0, 0.05) is 5.92 Å². The molecule has 3 saturated carbocycles. The number of hydrogen-bond acceptors (Lipinski definition) is 2. The summed E-state index contributed by atoms with van der Waals surface area (Å²) in [7, 11) is 0. The molecule has 0 aromatic heterocycles. The van der Waals surface area contributed by atoms with Gasteiger partial charge in [-0.2, -0.15) is 5.26 Å². The minimum Gasteiger partial charge on any atom is -0.393 e. The van der Waals surface area contributed by atoms with Crippen LogP contribution in [0.2, 0.25) is 0 Å². The molecule has 0 amide bonds. The molecule has 11 heavy (non-hydrogen) atoms. The third-order valence-corrected chi connectivity index (χ3v) is 3.25. The molecule has 0 aromatic carbocycles. The molecule has 0 spiro atoms. The van der Waals surface area contributed by atoms with Crippen LogP contribution in [0, 0.1) is 29.1 Å². The van der Waals surface area contributed by atoms with E-state index >= 15 is 0 Å². The van der Waals surface area contributed by atoms with Gasteiger partial charge in [-0.1, -0.05) is 0 Å². The van der Waals surface area contributed by atoms with Crippen LogP contribution in [-0.4, -0.2) is 11.2 Å². The van der Waals surface area contributed by atoms with E-state index in [-0.39, 0.29) is 12.0 Å². The van der Waals surface area contributed by atoms with E-state index in [1.165, 1.54) is 6.42 Å². The van der Waals surface area contributed by atoms with Gasteiger partial charge < -0.3 is 5.11 Å². The number of hydrogen-bond donors (Lipinski definition) is 1. The number of nitriles is 1. The largest absolute Gasteiger partial charge is 0.393 e. The van der Waals surface area contributed by atoms with Crippen LogP contribution >= 0.6 is 0 Å². The summed E-state index contributed by atoms with van der Waals surface area (Å²) in [6.07, 6.45) is 4.12. The fraction of sp³-hybridized carbons (Fsp3) is 0.889. The van der Waals surface area contributed by atoms with Gasteiger partial charge in [0.25, 0.3) is 0 Å². The lowest BCUT2D eigenvalue weighted by atomic mass is 9.64. The zero-order chi connectivity index (χ0) is 7.84. The zero-order valence-corrected chi connectivity index (χ0v) is 6.53. The van der Waals surface area contributed by atoms with Gasteiger partial charge in [0.1, 0.15) is 0 Å². The summed E-state index contributed by atoms with van der Waals surface area (Å²) in [5.74, 6) is 1.09. The second-order valence-electron chi connectivity index (χ2n) is 3.88. The molecule has 3 rings (SSSR count). The lowest BCUT2D eigenvalue weighted by Crippen LogP contribution is -2.40. The molecule has 1 N–H and O–H groups in total. The summed E-state index contributed by atoms with van der Waals surface area (Å²) < 4.78 is 0. The molecule has 2 bridgehead atoms. The number of aliphatic hydroxyl groups excluding tert-OH is 1. The Balaban J connectivity index is 2.14. The summed E-state index contributed by atoms with van der Waals surface area (Å²) in [4.78, 5) is 0. The Hall–Kier alpha value is -0.550. The first-order chi connectivity index (χ1) is 5.31. The SMILES string of the molecule is N#C[C@H]1C[C@H]2CC[C@@H]1[C@H](O)C2. The number of rotatable bonds is 0. The Morgan fingerprint density at radius 2 is 2.09 bits per heavy atom. The van der Waals surface area contributed by atoms with E-state index in [2.05, 4.69) is 6.07 Å². The predicted molar refractivity (Wildman–Crippen MR) is 40.6 cm³/mol. The number of nitrogens with zero attached hydrogens (tertiary/aromatic N) is 1. The molecule has 0 aromatic rings. The Bertz CT molecular complexity index is 196. The van der Waals surface area contributed by atoms with Crippen LogP contribution in [0.5, 0.6) is 0 Å². The first-order valence-corrected chi connectivity index (χ1v) is 4.39. The third-order valence-electron chi connectivity index (χ3n) is 3.25. The topological polar surface area (TPSA) is 44.0 Å². The smallest absolute Gasteiger partial charge is 0.0659 e. The van der Waals surface area contributed by atoms with Crippen molar-refractivity contribution < 1.29 is 5.11 Å². The predicted octanol–water partition coefficient (Wildman–Crippen LogP) is 1.31. The van der Waals surface area contributed by atoms with Crippen molar-refractivity contribution in [3.8, 4) is 6.07 Å². The Morgan fingerprint density at radius 1 is 1.27 bits per heavy atom. The molecule has 0 unspecified atom stereocenters. The second kappa shape index (κ2) is 2.49. The number of fused-ring (bicyclic) bond motifs is 3. The van der Waals surface area contributed by atoms with Crippen LogP contribution in [0.25, 0.3) is 0 Å². The summed E-state index contributed by atoms with van der Waals surface area (Å²) in [5, 5.41) is 18.3. The average molecular weight is 151 g/mol. The van der Waals surface area contributed by atoms with Gasteiger partial charge in [-0.3, -0.25) is 0 Å². The Morgan fingerprint density at radius 3 is 2.55 bits per heavy atom. The minimum absolute atomic E-state index is 0.150. The normalized spacial score (nSPS) is 48.7. The second-order valence-corrected chi connectivity index (χ2v) is 3.88. The van der Waals surface area contributed by atoms with E-state index in [4.69, 9.17) is 5.26 Å². The molecule has 0 radical (unpaired) electrons. The average Bonchev–Trinajstić information content (AvgIpc) is 2.04. The maximum absolute atomic E-state index is 9.55. The van der Waals surface area contributed by atoms with E-state index < -0.39 is 0 Å². The van der Waals surface area contributed by atoms with Crippen molar-refractivity contribution in [1.29, 1.82) is 5.26 Å². The summed E-state index contributed by atoms with van der Waals surface area (Å²) in [5.41, 5.74) is 0. The lowest BCUT2D eigenvalue weighted by Gasteiger charge is -2.42. The van der Waals surface area contributed by atoms with Crippen LogP contribution in [-0.2, 0) is 0 Å². The summed E-state index contributed by atoms with van der Waals surface area (Å²) in [6, 6.07) is 2.31. The van der Waals surface area contributed by atoms with Crippen LogP contribution in [0.1, 0.15) is 25.7 Å². The fourth-order valence-corrected chi connectivity index (χ4v) is 2.62. The molecular formula is C9H13NO. The zero-order valence-electron chi connectivity index (χ0n) is 6.53. The van der Waals surface area contributed by atoms with Gasteiger partial charge in [-0.15, -0.1) is 0 Å². The highest BCUT2D eigenvalue weighted by atomic mass is 16.3. The van der Waals surface area contributed by atoms with E-state index in [1.54, 1.807) is 0 Å². The van der Waals surface area contributed by atoms with Gasteiger partial charge in [-0.25, -0.2) is 0 Å². The molecule has 2 heteroatoms. The summed E-state index contributed by atoms with van der Waals surface area (Å²) >= 11 is 0. The van der Waals surface area contributed by atoms with Gasteiger partial charge in [0.05, 0.1) is 18.1 Å². The standard InChI is InChI=1S/C9H13NO/c10-5-7-3-6-1-2-8(7)9(11)4-6/h6-9,11H,1-4H2/t6-,7-,8+,9-/m1/s1. The Labute approximate surface area is 66.8 Å². The molecule has 0 aliphatic heterocycles. The molecule has 2 nitrogen and oxygen atoms in total. The maximum atomic E-state index is 9.55. The van der Waals surface area contributed by atoms with Gasteiger partial charge in [0.15, 0.2) is 0 Å². The van der Waals surface area contributed by atoms with Crippen molar-refractivity contribution in [1.82, 2.24) is 0 Å². The van der Waals surface area contributed by atoms with Crippen molar-refractivity contribution in [3.05, 3.63) is 0 Å². The van der Waals surface area contributed by atoms with Gasteiger partial charge in [-0.05, 0) is 31.6 Å². The molecule has 0 heterocycles. The van der Waals surface area contributed by atoms with Gasteiger partial charge in [0.2, 0.25) is 0 Å². The van der Waals surface area contributed by atoms with Crippen LogP contribution < -0.4 is 0 Å². The number of aliphatic hydroxyl groups is 1. The summed E-state index contributed by atoms with van der Waals surface area (Å²) in [6.45, 7) is 0. The highest BCUT2D eigenvalue weighted by molar-refractivity contribution is 5.00. The monoisotopic (exact) mass is 151 g/mol. The lowest BCUT2D eigenvalue weighted by molar-refractivity contribution is -0.0199. The minimum atomic E-state index is -0.174. The first kappa shape index (κ1) is 7.12. The fourth-order valence-electron chi connectivity index (χ4n) is 2.62. The molecular weight excluding hydrogens is 138 g/mol. The molecule has 60 valence electrons. The molecule has 3 fully saturated rings. The Kier molecular flexibility index (Phi) is 1.61. The van der Waals surface area contributed by atoms with Crippen LogP contribution in [0.3, 0.4) is 0 Å². The highest BCUT2D eigenvalue weighted by Gasteiger charge is 2.41. The van der Waals surface area contributed by atoms with Crippen molar-refractivity contribution in [2.45, 2.75) is 31.8 Å². The van der Waals surface area contributed by atoms with Crippen molar-refractivity contribution in [2.75, 3.05) is 0 Å². The van der Waals surface area contributed by atoms with Crippen molar-refractivity contribution >= 4 is 0 Å². The van der Waals surface area contributed by atoms with Crippen LogP contribution in [0.4, 0.5) is 0 Å². The van der Waals surface area contributed by atoms with E-state index in [1.807, 2.05) is 0 Å². The maximum Gasteiger partial charge on any atom is 0.0659 e. The van der Waals surface area contributed by atoms with Crippen LogP contribution in [0.15, 0.2) is 0 Å². The highest BCUT2D eigenvalue weighted by Crippen LogP contribution is 2.44. The van der Waals surface area contributed by atoms with E-state index in [9.17, 15) is 5.11 Å². The first-order valence-electron chi connectivity index (χ1n) is 4.39. The van der Waals surface area contributed by atoms with Gasteiger partial charge >= 0.3 is 0 Å². The van der Waals surface area contributed by atoms with Crippen molar-refractivity contribution in [2.24, 2.45) is 17.8 Å². The molecule has 3 aliphatic carbocycles. The molecule has 0 saturated heterocycles. The third kappa shape index (κ3) is 1.04.